The van der Waals surface area contributed by atoms with Crippen molar-refractivity contribution in [3.63, 3.8) is 0 Å². The van der Waals surface area contributed by atoms with Crippen LogP contribution < -0.4 is 5.32 Å². The Morgan fingerprint density at radius 2 is 1.36 bits per heavy atom. The van der Waals surface area contributed by atoms with Crippen LogP contribution in [0.4, 0.5) is 5.69 Å². The van der Waals surface area contributed by atoms with E-state index >= 15 is 0 Å². The summed E-state index contributed by atoms with van der Waals surface area (Å²) in [5.41, 5.74) is 8.56. The Morgan fingerprint density at radius 1 is 0.714 bits per heavy atom. The minimum Gasteiger partial charge on any atom is -0.354 e. The Morgan fingerprint density at radius 3 is 2.11 bits per heavy atom. The van der Waals surface area contributed by atoms with Gasteiger partial charge in [0, 0.05) is 22.3 Å². The van der Waals surface area contributed by atoms with E-state index in [1.807, 2.05) is 0 Å². The first kappa shape index (κ1) is 18.1. The van der Waals surface area contributed by atoms with E-state index in [4.69, 9.17) is 0 Å². The summed E-state index contributed by atoms with van der Waals surface area (Å²) in [5, 5.41) is 6.22. The zero-order chi connectivity index (χ0) is 19.5. The van der Waals surface area contributed by atoms with E-state index in [1.165, 1.54) is 38.6 Å². The van der Waals surface area contributed by atoms with Crippen LogP contribution >= 0.6 is 0 Å². The second-order valence-corrected chi connectivity index (χ2v) is 7.39. The molecule has 0 amide bonds. The molecule has 0 atom stereocenters. The van der Waals surface area contributed by atoms with E-state index in [0.29, 0.717) is 0 Å². The molecular weight excluding hydrogens is 338 g/mol. The summed E-state index contributed by atoms with van der Waals surface area (Å²) in [4.78, 5) is 0. The van der Waals surface area contributed by atoms with Gasteiger partial charge >= 0.3 is 0 Å². The maximum absolute atomic E-state index is 3.75. The molecule has 0 aliphatic heterocycles. The first-order chi connectivity index (χ1) is 13.6. The summed E-state index contributed by atoms with van der Waals surface area (Å²) in [5.74, 6) is 0. The van der Waals surface area contributed by atoms with Gasteiger partial charge in [-0.05, 0) is 55.0 Å². The van der Waals surface area contributed by atoms with Crippen molar-refractivity contribution < 1.29 is 0 Å². The fourth-order valence-corrected chi connectivity index (χ4v) is 3.97. The molecule has 0 fully saturated rings. The van der Waals surface area contributed by atoms with Gasteiger partial charge in [-0.15, -0.1) is 0 Å². The zero-order valence-electron chi connectivity index (χ0n) is 16.7. The molecule has 0 saturated heterocycles. The number of rotatable bonds is 4. The van der Waals surface area contributed by atoms with Crippen LogP contribution in [0.5, 0.6) is 0 Å². The lowest BCUT2D eigenvalue weighted by Crippen LogP contribution is -2.04. The maximum atomic E-state index is 3.75. The van der Waals surface area contributed by atoms with Crippen LogP contribution in [-0.2, 0) is 0 Å². The lowest BCUT2D eigenvalue weighted by atomic mass is 9.95. The highest BCUT2D eigenvalue weighted by Crippen LogP contribution is 2.31. The third kappa shape index (κ3) is 3.70. The number of anilines is 1. The number of fused-ring (bicyclic) bond motifs is 1. The van der Waals surface area contributed by atoms with Crippen LogP contribution in [0.1, 0.15) is 27.8 Å². The van der Waals surface area contributed by atoms with E-state index < -0.39 is 0 Å². The molecule has 0 aliphatic carbocycles. The highest BCUT2D eigenvalue weighted by atomic mass is 14.9. The van der Waals surface area contributed by atoms with E-state index in [2.05, 4.69) is 117 Å². The van der Waals surface area contributed by atoms with Gasteiger partial charge in [-0.25, -0.2) is 0 Å². The van der Waals surface area contributed by atoms with Gasteiger partial charge < -0.3 is 5.32 Å². The van der Waals surface area contributed by atoms with Crippen molar-refractivity contribution in [1.82, 2.24) is 0 Å². The monoisotopic (exact) mass is 363 g/mol. The minimum atomic E-state index is 1.12. The van der Waals surface area contributed by atoms with Gasteiger partial charge in [0.25, 0.3) is 0 Å². The summed E-state index contributed by atoms with van der Waals surface area (Å²) >= 11 is 0. The second kappa shape index (κ2) is 7.74. The quantitative estimate of drug-likeness (QED) is 0.373. The average molecular weight is 364 g/mol. The fourth-order valence-electron chi connectivity index (χ4n) is 3.97. The molecule has 0 aliphatic rings. The molecule has 0 unspecified atom stereocenters. The van der Waals surface area contributed by atoms with E-state index in [9.17, 15) is 0 Å². The smallest absolute Gasteiger partial charge is 0.0469 e. The molecule has 0 bridgehead atoms. The van der Waals surface area contributed by atoms with E-state index in [-0.39, 0.29) is 0 Å². The summed E-state index contributed by atoms with van der Waals surface area (Å²) in [7, 11) is 0. The molecule has 0 aromatic heterocycles. The van der Waals surface area contributed by atoms with Crippen LogP contribution in [0.2, 0.25) is 0 Å². The zero-order valence-corrected chi connectivity index (χ0v) is 16.7. The van der Waals surface area contributed by atoms with Crippen molar-refractivity contribution in [2.75, 3.05) is 5.32 Å². The largest absolute Gasteiger partial charge is 0.354 e. The van der Waals surface area contributed by atoms with E-state index in [0.717, 1.165) is 11.4 Å². The standard InChI is InChI=1S/C27H25N/c1-19-16-20(2)27(21(3)17-19)26(18-22-10-5-4-6-11-22)28-25-15-9-13-23-12-7-8-14-24(23)25/h4-18,28H,1-3H3. The van der Waals surface area contributed by atoms with Crippen LogP contribution in [0.25, 0.3) is 22.5 Å². The van der Waals surface area contributed by atoms with Crippen molar-refractivity contribution in [3.05, 3.63) is 113 Å². The molecule has 28 heavy (non-hydrogen) atoms. The summed E-state index contributed by atoms with van der Waals surface area (Å²) in [6, 6.07) is 29.9. The minimum absolute atomic E-state index is 1.12. The SMILES string of the molecule is Cc1cc(C)c(C(=Cc2ccccc2)Nc2cccc3ccccc23)c(C)c1. The predicted octanol–water partition coefficient (Wildman–Crippen LogP) is 7.38. The Kier molecular flexibility index (Phi) is 4.99. The molecular formula is C27H25N. The summed E-state index contributed by atoms with van der Waals surface area (Å²) in [6.07, 6.45) is 2.24. The predicted molar refractivity (Wildman–Crippen MR) is 123 cm³/mol. The second-order valence-electron chi connectivity index (χ2n) is 7.39. The van der Waals surface area contributed by atoms with Crippen molar-refractivity contribution in [3.8, 4) is 0 Å². The summed E-state index contributed by atoms with van der Waals surface area (Å²) < 4.78 is 0. The van der Waals surface area contributed by atoms with Gasteiger partial charge in [0.05, 0.1) is 0 Å². The third-order valence-electron chi connectivity index (χ3n) is 5.12. The summed E-state index contributed by atoms with van der Waals surface area (Å²) in [6.45, 7) is 6.54. The van der Waals surface area contributed by atoms with Gasteiger partial charge in [0.1, 0.15) is 0 Å². The molecule has 1 nitrogen and oxygen atoms in total. The van der Waals surface area contributed by atoms with Gasteiger partial charge in [-0.2, -0.15) is 0 Å². The Balaban J connectivity index is 1.88. The molecule has 4 aromatic rings. The van der Waals surface area contributed by atoms with Gasteiger partial charge in [-0.1, -0.05) is 84.4 Å². The maximum Gasteiger partial charge on any atom is 0.0469 e. The van der Waals surface area contributed by atoms with Crippen molar-refractivity contribution in [2.24, 2.45) is 0 Å². The molecule has 0 heterocycles. The Labute approximate surface area is 167 Å². The molecule has 0 saturated carbocycles. The molecule has 0 spiro atoms. The Hall–Kier alpha value is -3.32. The number of aryl methyl sites for hydroxylation is 3. The van der Waals surface area contributed by atoms with Gasteiger partial charge in [0.15, 0.2) is 0 Å². The first-order valence-electron chi connectivity index (χ1n) is 9.71. The lowest BCUT2D eigenvalue weighted by Gasteiger charge is -2.19. The average Bonchev–Trinajstić information content (AvgIpc) is 2.68. The molecule has 138 valence electrons. The van der Waals surface area contributed by atoms with Crippen LogP contribution in [0, 0.1) is 20.8 Å². The molecule has 0 radical (unpaired) electrons. The first-order valence-corrected chi connectivity index (χ1v) is 9.71. The molecule has 1 heteroatoms. The molecule has 4 rings (SSSR count). The van der Waals surface area contributed by atoms with Crippen molar-refractivity contribution >= 4 is 28.2 Å². The van der Waals surface area contributed by atoms with Crippen molar-refractivity contribution in [1.29, 1.82) is 0 Å². The van der Waals surface area contributed by atoms with Crippen LogP contribution in [-0.4, -0.2) is 0 Å². The topological polar surface area (TPSA) is 12.0 Å². The van der Waals surface area contributed by atoms with Crippen LogP contribution in [0.3, 0.4) is 0 Å². The van der Waals surface area contributed by atoms with E-state index in [1.54, 1.807) is 0 Å². The highest BCUT2D eigenvalue weighted by Gasteiger charge is 2.12. The van der Waals surface area contributed by atoms with Gasteiger partial charge in [-0.3, -0.25) is 0 Å². The number of hydrogen-bond acceptors (Lipinski definition) is 1. The van der Waals surface area contributed by atoms with Crippen molar-refractivity contribution in [2.45, 2.75) is 20.8 Å². The molecule has 1 N–H and O–H groups in total. The fraction of sp³-hybridized carbons (Fsp3) is 0.111. The number of benzene rings is 4. The normalized spacial score (nSPS) is 11.6. The third-order valence-corrected chi connectivity index (χ3v) is 5.12. The number of nitrogens with one attached hydrogen (secondary N) is 1. The highest BCUT2D eigenvalue weighted by molar-refractivity contribution is 6.00. The molecule has 4 aromatic carbocycles. The number of hydrogen-bond donors (Lipinski definition) is 1. The Bertz CT molecular complexity index is 1120. The van der Waals surface area contributed by atoms with Crippen LogP contribution in [0.15, 0.2) is 84.9 Å². The van der Waals surface area contributed by atoms with Gasteiger partial charge in [0.2, 0.25) is 0 Å². The lowest BCUT2D eigenvalue weighted by molar-refractivity contribution is 1.28.